The van der Waals surface area contributed by atoms with Gasteiger partial charge < -0.3 is 24.8 Å². The summed E-state index contributed by atoms with van der Waals surface area (Å²) in [5.41, 5.74) is 4.42. The Bertz CT molecular complexity index is 338. The molecule has 1 radical (unpaired) electrons. The van der Waals surface area contributed by atoms with Gasteiger partial charge in [0.05, 0.1) is 0 Å². The summed E-state index contributed by atoms with van der Waals surface area (Å²) >= 11 is 0. The van der Waals surface area contributed by atoms with E-state index in [1.165, 1.54) is 36.0 Å². The Hall–Kier alpha value is 0.423. The van der Waals surface area contributed by atoms with Gasteiger partial charge in [-0.1, -0.05) is 44.4 Å². The van der Waals surface area contributed by atoms with E-state index in [-0.39, 0.29) is 51.0 Å². The summed E-state index contributed by atoms with van der Waals surface area (Å²) < 4.78 is 0. The molecule has 0 saturated heterocycles. The molecule has 0 aliphatic heterocycles. The minimum absolute atomic E-state index is 0. The maximum atomic E-state index is 3.47. The predicted octanol–water partition coefficient (Wildman–Crippen LogP) is -1.87. The van der Waals surface area contributed by atoms with Crippen molar-refractivity contribution in [2.75, 3.05) is 0 Å². The van der Waals surface area contributed by atoms with Crippen molar-refractivity contribution in [3.8, 4) is 0 Å². The van der Waals surface area contributed by atoms with Gasteiger partial charge in [0.2, 0.25) is 0 Å². The molecule has 0 aromatic heterocycles. The summed E-state index contributed by atoms with van der Waals surface area (Å²) in [5, 5.41) is 0. The molecule has 3 heteroatoms. The number of rotatable bonds is 4. The number of hydrogen-bond donors (Lipinski definition) is 0. The summed E-state index contributed by atoms with van der Waals surface area (Å²) in [6, 6.07) is 0. The van der Waals surface area contributed by atoms with Crippen LogP contribution in [-0.4, -0.2) is 0 Å². The Balaban J connectivity index is 0. The minimum atomic E-state index is 0. The van der Waals surface area contributed by atoms with Crippen molar-refractivity contribution in [2.45, 2.75) is 39.0 Å². The fourth-order valence-corrected chi connectivity index (χ4v) is 2.04. The summed E-state index contributed by atoms with van der Waals surface area (Å²) in [7, 11) is 0. The van der Waals surface area contributed by atoms with Crippen LogP contribution in [-0.2, 0) is 26.2 Å². The fourth-order valence-electron chi connectivity index (χ4n) is 2.04. The number of halogens is 2. The van der Waals surface area contributed by atoms with Gasteiger partial charge in [-0.2, -0.15) is 11.6 Å². The smallest absolute Gasteiger partial charge is 1.00 e. The third kappa shape index (κ3) is 5.29. The average molecular weight is 347 g/mol. The minimum Gasteiger partial charge on any atom is -1.00 e. The SMILES string of the molecule is CCCCC1=[C-]CC=C1C1=CC=CC1.[Cl-].[Cl-].[Zr+3]. The van der Waals surface area contributed by atoms with Crippen LogP contribution in [0, 0.1) is 6.08 Å². The Morgan fingerprint density at radius 3 is 2.65 bits per heavy atom. The molecular weight excluding hydrogens is 330 g/mol. The number of unbranched alkanes of at least 4 members (excludes halogenated alkanes) is 1. The molecule has 0 spiro atoms. The molecule has 2 aliphatic rings. The number of allylic oxidation sites excluding steroid dienone is 8. The van der Waals surface area contributed by atoms with Crippen molar-refractivity contribution in [3.05, 3.63) is 47.1 Å². The van der Waals surface area contributed by atoms with Crippen LogP contribution in [0.15, 0.2) is 41.0 Å². The molecule has 0 amide bonds. The van der Waals surface area contributed by atoms with Crippen molar-refractivity contribution >= 4 is 0 Å². The molecule has 0 aromatic carbocycles. The van der Waals surface area contributed by atoms with Gasteiger partial charge in [-0.05, 0) is 6.42 Å². The van der Waals surface area contributed by atoms with E-state index in [9.17, 15) is 0 Å². The van der Waals surface area contributed by atoms with E-state index in [0.717, 1.165) is 12.8 Å². The molecule has 0 N–H and O–H groups in total. The molecule has 0 fully saturated rings. The first-order chi connectivity index (χ1) is 6.92. The van der Waals surface area contributed by atoms with Crippen LogP contribution >= 0.6 is 0 Å². The Kier molecular flexibility index (Phi) is 12.0. The van der Waals surface area contributed by atoms with Crippen LogP contribution in [0.25, 0.3) is 0 Å². The molecule has 2 aliphatic carbocycles. The van der Waals surface area contributed by atoms with Crippen LogP contribution in [0.2, 0.25) is 0 Å². The summed E-state index contributed by atoms with van der Waals surface area (Å²) in [6.07, 6.45) is 18.3. The molecule has 0 bridgehead atoms. The Morgan fingerprint density at radius 2 is 2.06 bits per heavy atom. The van der Waals surface area contributed by atoms with Crippen LogP contribution in [0.1, 0.15) is 39.0 Å². The first kappa shape index (κ1) is 19.8. The first-order valence-corrected chi connectivity index (χ1v) is 5.58. The van der Waals surface area contributed by atoms with Gasteiger partial charge in [0, 0.05) is 0 Å². The Labute approximate surface area is 136 Å². The van der Waals surface area contributed by atoms with E-state index in [4.69, 9.17) is 0 Å². The maximum Gasteiger partial charge on any atom is 3.00 e. The van der Waals surface area contributed by atoms with Crippen LogP contribution in [0.3, 0.4) is 0 Å². The van der Waals surface area contributed by atoms with E-state index >= 15 is 0 Å². The fraction of sp³-hybridized carbons (Fsp3) is 0.429. The van der Waals surface area contributed by atoms with E-state index in [0.29, 0.717) is 0 Å². The summed E-state index contributed by atoms with van der Waals surface area (Å²) in [4.78, 5) is 0. The van der Waals surface area contributed by atoms with Gasteiger partial charge >= 0.3 is 26.2 Å². The molecular formula is C14H17Cl2Zr. The standard InChI is InChI=1S/C14H17.2ClH.Zr/c1-2-3-7-12-10-6-11-14(12)13-8-4-5-9-13;;;/h4-5,8,11H,2-3,6-7,9H2,1H3;2*1H;/q-1;;;+3/p-2. The second kappa shape index (κ2) is 10.4. The third-order valence-electron chi connectivity index (χ3n) is 2.84. The van der Waals surface area contributed by atoms with Gasteiger partial charge in [-0.15, -0.1) is 12.0 Å². The molecule has 0 aromatic rings. The molecule has 0 unspecified atom stereocenters. The topological polar surface area (TPSA) is 0 Å². The largest absolute Gasteiger partial charge is 3.00 e. The second-order valence-corrected chi connectivity index (χ2v) is 3.90. The van der Waals surface area contributed by atoms with Gasteiger partial charge in [-0.25, -0.2) is 5.57 Å². The van der Waals surface area contributed by atoms with E-state index in [2.05, 4.69) is 37.3 Å². The molecule has 17 heavy (non-hydrogen) atoms. The Morgan fingerprint density at radius 1 is 1.29 bits per heavy atom. The third-order valence-corrected chi connectivity index (χ3v) is 2.84. The molecule has 0 atom stereocenters. The molecule has 2 rings (SSSR count). The zero-order chi connectivity index (χ0) is 9.80. The van der Waals surface area contributed by atoms with Crippen molar-refractivity contribution in [1.82, 2.24) is 0 Å². The van der Waals surface area contributed by atoms with Gasteiger partial charge in [-0.3, -0.25) is 6.08 Å². The maximum absolute atomic E-state index is 3.47. The van der Waals surface area contributed by atoms with Crippen LogP contribution in [0.5, 0.6) is 0 Å². The van der Waals surface area contributed by atoms with Gasteiger partial charge in [0.1, 0.15) is 0 Å². The second-order valence-electron chi connectivity index (χ2n) is 3.90. The van der Waals surface area contributed by atoms with Crippen LogP contribution in [0.4, 0.5) is 0 Å². The zero-order valence-electron chi connectivity index (χ0n) is 10.1. The number of hydrogen-bond acceptors (Lipinski definition) is 0. The summed E-state index contributed by atoms with van der Waals surface area (Å²) in [6.45, 7) is 2.25. The molecule has 0 saturated carbocycles. The molecule has 0 nitrogen and oxygen atoms in total. The molecule has 0 heterocycles. The monoisotopic (exact) mass is 345 g/mol. The van der Waals surface area contributed by atoms with Crippen molar-refractivity contribution < 1.29 is 51.0 Å². The first-order valence-electron chi connectivity index (χ1n) is 5.58. The normalized spacial score (nSPS) is 16.2. The van der Waals surface area contributed by atoms with Crippen LogP contribution < -0.4 is 24.8 Å². The van der Waals surface area contributed by atoms with Gasteiger partial charge in [0.25, 0.3) is 0 Å². The van der Waals surface area contributed by atoms with E-state index in [1.54, 1.807) is 0 Å². The van der Waals surface area contributed by atoms with Crippen molar-refractivity contribution in [1.29, 1.82) is 0 Å². The van der Waals surface area contributed by atoms with E-state index in [1.807, 2.05) is 0 Å². The molecule has 91 valence electrons. The summed E-state index contributed by atoms with van der Waals surface area (Å²) in [5.74, 6) is 0. The average Bonchev–Trinajstić information content (AvgIpc) is 2.84. The van der Waals surface area contributed by atoms with E-state index < -0.39 is 0 Å². The quantitative estimate of drug-likeness (QED) is 0.523. The van der Waals surface area contributed by atoms with Gasteiger partial charge in [0.15, 0.2) is 0 Å². The predicted molar refractivity (Wildman–Crippen MR) is 60.8 cm³/mol. The zero-order valence-corrected chi connectivity index (χ0v) is 14.1. The van der Waals surface area contributed by atoms with Crippen molar-refractivity contribution in [2.24, 2.45) is 0 Å². The van der Waals surface area contributed by atoms with Crippen molar-refractivity contribution in [3.63, 3.8) is 0 Å².